The molecule has 1 aromatic heterocycles. The van der Waals surface area contributed by atoms with Gasteiger partial charge in [0.05, 0.1) is 17.9 Å². The van der Waals surface area contributed by atoms with Crippen molar-refractivity contribution in [3.05, 3.63) is 17.5 Å². The largest absolute Gasteiger partial charge is 0.378 e. The zero-order chi connectivity index (χ0) is 17.5. The molecule has 1 amide bonds. The Hall–Kier alpha value is -1.50. The van der Waals surface area contributed by atoms with Gasteiger partial charge in [-0.2, -0.15) is 5.10 Å². The maximum absolute atomic E-state index is 13.2. The number of carbonyl (C=O) groups excluding carboxylic acids is 1. The van der Waals surface area contributed by atoms with Crippen LogP contribution < -0.4 is 0 Å². The molecular weight excluding hydrogens is 316 g/mol. The Morgan fingerprint density at radius 2 is 2.17 bits per heavy atom. The Bertz CT molecular complexity index is 611. The van der Waals surface area contributed by atoms with E-state index in [9.17, 15) is 13.6 Å². The molecule has 2 fully saturated rings. The van der Waals surface area contributed by atoms with Crippen molar-refractivity contribution >= 4 is 5.91 Å². The van der Waals surface area contributed by atoms with Crippen LogP contribution in [-0.4, -0.2) is 46.4 Å². The summed E-state index contributed by atoms with van der Waals surface area (Å²) in [4.78, 5) is 14.5. The number of halogens is 2. The number of hydrogen-bond acceptors (Lipinski definition) is 3. The van der Waals surface area contributed by atoms with Crippen molar-refractivity contribution in [3.63, 3.8) is 0 Å². The summed E-state index contributed by atoms with van der Waals surface area (Å²) >= 11 is 0. The second-order valence-corrected chi connectivity index (χ2v) is 6.92. The molecule has 1 aromatic rings. The van der Waals surface area contributed by atoms with Gasteiger partial charge < -0.3 is 9.64 Å². The lowest BCUT2D eigenvalue weighted by Gasteiger charge is -2.57. The molecule has 1 spiro atoms. The van der Waals surface area contributed by atoms with Crippen LogP contribution >= 0.6 is 0 Å². The van der Waals surface area contributed by atoms with Crippen LogP contribution in [0.4, 0.5) is 8.78 Å². The third-order valence-corrected chi connectivity index (χ3v) is 5.85. The smallest absolute Gasteiger partial charge is 0.280 e. The van der Waals surface area contributed by atoms with Gasteiger partial charge in [-0.05, 0) is 26.2 Å². The van der Waals surface area contributed by atoms with Crippen LogP contribution in [-0.2, 0) is 11.8 Å². The number of hydrogen-bond donors (Lipinski definition) is 0. The summed E-state index contributed by atoms with van der Waals surface area (Å²) in [6.07, 6.45) is 3.83. The molecule has 0 aromatic carbocycles. The first-order chi connectivity index (χ1) is 11.4. The van der Waals surface area contributed by atoms with E-state index in [1.165, 1.54) is 13.2 Å². The Morgan fingerprint density at radius 1 is 1.50 bits per heavy atom. The minimum atomic E-state index is -2.72. The average Bonchev–Trinajstić information content (AvgIpc) is 3.18. The highest BCUT2D eigenvalue weighted by Crippen LogP contribution is 2.56. The molecule has 2 aliphatic carbocycles. The number of amides is 1. The molecule has 134 valence electrons. The van der Waals surface area contributed by atoms with Crippen LogP contribution in [0, 0.1) is 5.41 Å². The highest BCUT2D eigenvalue weighted by Gasteiger charge is 2.59. The van der Waals surface area contributed by atoms with Crippen molar-refractivity contribution in [1.29, 1.82) is 0 Å². The van der Waals surface area contributed by atoms with Crippen LogP contribution in [0.25, 0.3) is 0 Å². The molecular formula is C17H25F2N3O2. The van der Waals surface area contributed by atoms with Crippen molar-refractivity contribution in [2.45, 2.75) is 57.6 Å². The van der Waals surface area contributed by atoms with Gasteiger partial charge in [-0.15, -0.1) is 0 Å². The summed E-state index contributed by atoms with van der Waals surface area (Å²) in [5.41, 5.74) is -0.316. The van der Waals surface area contributed by atoms with Crippen molar-refractivity contribution < 1.29 is 18.3 Å². The first kappa shape index (κ1) is 17.3. The zero-order valence-electron chi connectivity index (χ0n) is 14.5. The van der Waals surface area contributed by atoms with Crippen molar-refractivity contribution in [2.75, 3.05) is 13.7 Å². The molecule has 0 N–H and O–H groups in total. The number of aromatic nitrogens is 2. The van der Waals surface area contributed by atoms with Crippen LogP contribution in [0.3, 0.4) is 0 Å². The molecule has 0 radical (unpaired) electrons. The summed E-state index contributed by atoms with van der Waals surface area (Å²) in [7, 11) is 3.16. The molecule has 7 heteroatoms. The fraction of sp³-hybridized carbons (Fsp3) is 0.765. The molecule has 0 aliphatic heterocycles. The Morgan fingerprint density at radius 3 is 2.75 bits per heavy atom. The Balaban J connectivity index is 1.82. The van der Waals surface area contributed by atoms with Crippen molar-refractivity contribution in [2.24, 2.45) is 12.5 Å². The van der Waals surface area contributed by atoms with E-state index in [4.69, 9.17) is 4.74 Å². The number of ether oxygens (including phenoxy) is 1. The second-order valence-electron chi connectivity index (χ2n) is 6.92. The van der Waals surface area contributed by atoms with E-state index in [1.54, 1.807) is 11.9 Å². The normalized spacial score (nSPS) is 25.2. The van der Waals surface area contributed by atoms with E-state index in [0.717, 1.165) is 36.8 Å². The fourth-order valence-corrected chi connectivity index (χ4v) is 4.60. The van der Waals surface area contributed by atoms with E-state index >= 15 is 0 Å². The molecule has 1 heterocycles. The molecule has 0 bridgehead atoms. The van der Waals surface area contributed by atoms with E-state index in [0.29, 0.717) is 6.61 Å². The lowest BCUT2D eigenvalue weighted by molar-refractivity contribution is -0.152. The predicted octanol–water partition coefficient (Wildman–Crippen LogP) is 3.17. The lowest BCUT2D eigenvalue weighted by Crippen LogP contribution is -2.64. The molecule has 5 nitrogen and oxygen atoms in total. The highest BCUT2D eigenvalue weighted by atomic mass is 19.3. The number of nitrogens with zero attached hydrogens (tertiary/aromatic N) is 3. The van der Waals surface area contributed by atoms with Crippen molar-refractivity contribution in [1.82, 2.24) is 14.7 Å². The molecule has 0 unspecified atom stereocenters. The Labute approximate surface area is 141 Å². The first-order valence-electron chi connectivity index (χ1n) is 8.61. The van der Waals surface area contributed by atoms with Gasteiger partial charge in [0, 0.05) is 32.2 Å². The molecule has 0 saturated heterocycles. The molecule has 2 aliphatic rings. The van der Waals surface area contributed by atoms with E-state index in [-0.39, 0.29) is 34.7 Å². The van der Waals surface area contributed by atoms with Crippen LogP contribution in [0.2, 0.25) is 0 Å². The highest BCUT2D eigenvalue weighted by molar-refractivity contribution is 5.95. The van der Waals surface area contributed by atoms with Gasteiger partial charge in [-0.3, -0.25) is 9.48 Å². The number of carbonyl (C=O) groups is 1. The molecule has 3 rings (SSSR count). The monoisotopic (exact) mass is 341 g/mol. The molecule has 2 saturated carbocycles. The number of rotatable bonds is 5. The standard InChI is InChI=1S/C17H25F2N3O2/c1-4-24-13-9-12(17(13)7-5-6-8-17)21(2)16(23)11-10-20-22(3)14(11)15(18)19/h10,12-13,15H,4-9H2,1-3H3/t12-,13+/m1/s1. The SMILES string of the molecule is CCO[C@H]1C[C@@H](N(C)C(=O)c2cnn(C)c2C(F)F)C12CCCC2. The van der Waals surface area contributed by atoms with Gasteiger partial charge in [0.25, 0.3) is 12.3 Å². The Kier molecular flexibility index (Phi) is 4.64. The molecule has 2 atom stereocenters. The average molecular weight is 341 g/mol. The van der Waals surface area contributed by atoms with E-state index < -0.39 is 6.43 Å². The van der Waals surface area contributed by atoms with E-state index in [2.05, 4.69) is 5.10 Å². The van der Waals surface area contributed by atoms with E-state index in [1.807, 2.05) is 6.92 Å². The summed E-state index contributed by atoms with van der Waals surface area (Å²) in [6, 6.07) is 0.0507. The number of aryl methyl sites for hydroxylation is 1. The maximum atomic E-state index is 13.2. The van der Waals surface area contributed by atoms with Gasteiger partial charge >= 0.3 is 0 Å². The summed E-state index contributed by atoms with van der Waals surface area (Å²) in [5.74, 6) is -0.371. The fourth-order valence-electron chi connectivity index (χ4n) is 4.60. The quantitative estimate of drug-likeness (QED) is 0.826. The second kappa shape index (κ2) is 6.43. The zero-order valence-corrected chi connectivity index (χ0v) is 14.5. The van der Waals surface area contributed by atoms with Gasteiger partial charge in [0.15, 0.2) is 0 Å². The van der Waals surface area contributed by atoms with Crippen LogP contribution in [0.5, 0.6) is 0 Å². The summed E-state index contributed by atoms with van der Waals surface area (Å²) < 4.78 is 33.5. The van der Waals surface area contributed by atoms with Gasteiger partial charge in [0.2, 0.25) is 0 Å². The third kappa shape index (κ3) is 2.53. The van der Waals surface area contributed by atoms with Gasteiger partial charge in [-0.1, -0.05) is 12.8 Å². The predicted molar refractivity (Wildman–Crippen MR) is 85.0 cm³/mol. The van der Waals surface area contributed by atoms with Gasteiger partial charge in [0.1, 0.15) is 5.69 Å². The first-order valence-corrected chi connectivity index (χ1v) is 8.61. The molecule has 24 heavy (non-hydrogen) atoms. The summed E-state index contributed by atoms with van der Waals surface area (Å²) in [6.45, 7) is 2.64. The maximum Gasteiger partial charge on any atom is 0.280 e. The van der Waals surface area contributed by atoms with Crippen LogP contribution in [0.1, 0.15) is 61.5 Å². The third-order valence-electron chi connectivity index (χ3n) is 5.85. The topological polar surface area (TPSA) is 47.4 Å². The summed E-state index contributed by atoms with van der Waals surface area (Å²) in [5, 5.41) is 3.84. The van der Waals surface area contributed by atoms with Crippen LogP contribution in [0.15, 0.2) is 6.20 Å². The lowest BCUT2D eigenvalue weighted by atomic mass is 9.60. The number of alkyl halides is 2. The minimum absolute atomic E-state index is 0.00278. The van der Waals surface area contributed by atoms with Crippen molar-refractivity contribution in [3.8, 4) is 0 Å². The van der Waals surface area contributed by atoms with Gasteiger partial charge in [-0.25, -0.2) is 8.78 Å². The minimum Gasteiger partial charge on any atom is -0.378 e.